The van der Waals surface area contributed by atoms with Crippen molar-refractivity contribution in [3.05, 3.63) is 0 Å². The van der Waals surface area contributed by atoms with Gasteiger partial charge in [0.2, 0.25) is 5.91 Å². The molecule has 4 nitrogen and oxygen atoms in total. The van der Waals surface area contributed by atoms with Crippen LogP contribution in [0.2, 0.25) is 0 Å². The Morgan fingerprint density at radius 2 is 2.22 bits per heavy atom. The minimum absolute atomic E-state index is 0.214. The van der Waals surface area contributed by atoms with Gasteiger partial charge in [-0.15, -0.1) is 0 Å². The van der Waals surface area contributed by atoms with Crippen molar-refractivity contribution in [2.24, 2.45) is 0 Å². The number of amides is 1. The zero-order chi connectivity index (χ0) is 13.4. The van der Waals surface area contributed by atoms with E-state index in [0.717, 1.165) is 13.1 Å². The molecule has 1 amide bonds. The second-order valence-corrected chi connectivity index (χ2v) is 5.23. The minimum Gasteiger partial charge on any atom is -0.381 e. The van der Waals surface area contributed by atoms with Gasteiger partial charge in [0.25, 0.3) is 0 Å². The van der Waals surface area contributed by atoms with E-state index in [4.69, 9.17) is 4.74 Å². The van der Waals surface area contributed by atoms with Gasteiger partial charge in [0.1, 0.15) is 0 Å². The van der Waals surface area contributed by atoms with E-state index in [9.17, 15) is 4.79 Å². The van der Waals surface area contributed by atoms with Crippen LogP contribution in [-0.2, 0) is 9.53 Å². The van der Waals surface area contributed by atoms with Gasteiger partial charge >= 0.3 is 0 Å². The first kappa shape index (κ1) is 15.4. The molecule has 1 aliphatic heterocycles. The smallest absolute Gasteiger partial charge is 0.225 e. The highest BCUT2D eigenvalue weighted by molar-refractivity contribution is 5.76. The molecule has 1 rings (SSSR count). The predicted octanol–water partition coefficient (Wildman–Crippen LogP) is 1.79. The van der Waals surface area contributed by atoms with Crippen molar-refractivity contribution in [1.82, 2.24) is 10.2 Å². The summed E-state index contributed by atoms with van der Waals surface area (Å²) in [5.41, 5.74) is 0. The van der Waals surface area contributed by atoms with Crippen LogP contribution in [0.1, 0.15) is 46.5 Å². The molecular formula is C14H28N2O2. The van der Waals surface area contributed by atoms with E-state index in [1.807, 2.05) is 11.8 Å². The number of hydrogen-bond donors (Lipinski definition) is 1. The van der Waals surface area contributed by atoms with E-state index in [2.05, 4.69) is 19.2 Å². The van der Waals surface area contributed by atoms with Crippen LogP contribution in [-0.4, -0.2) is 49.2 Å². The molecule has 0 aromatic carbocycles. The Bertz CT molecular complexity index is 238. The van der Waals surface area contributed by atoms with Gasteiger partial charge in [-0.1, -0.05) is 6.42 Å². The molecule has 106 valence electrons. The van der Waals surface area contributed by atoms with Crippen LogP contribution in [0.4, 0.5) is 0 Å². The third kappa shape index (κ3) is 5.36. The van der Waals surface area contributed by atoms with Crippen molar-refractivity contribution in [3.8, 4) is 0 Å². The van der Waals surface area contributed by atoms with Crippen molar-refractivity contribution in [3.63, 3.8) is 0 Å². The highest BCUT2D eigenvalue weighted by atomic mass is 16.5. The third-order valence-corrected chi connectivity index (χ3v) is 3.44. The van der Waals surface area contributed by atoms with Gasteiger partial charge in [-0.05, 0) is 40.2 Å². The maximum absolute atomic E-state index is 12.2. The molecule has 4 heteroatoms. The van der Waals surface area contributed by atoms with Gasteiger partial charge < -0.3 is 15.0 Å². The Labute approximate surface area is 111 Å². The Morgan fingerprint density at radius 3 is 2.78 bits per heavy atom. The number of nitrogens with one attached hydrogen (secondary N) is 1. The van der Waals surface area contributed by atoms with Crippen LogP contribution in [0.3, 0.4) is 0 Å². The molecule has 18 heavy (non-hydrogen) atoms. The van der Waals surface area contributed by atoms with Crippen molar-refractivity contribution >= 4 is 5.91 Å². The summed E-state index contributed by atoms with van der Waals surface area (Å²) in [5, 5.41) is 3.50. The summed E-state index contributed by atoms with van der Waals surface area (Å²) < 4.78 is 5.26. The molecule has 0 spiro atoms. The molecule has 1 aliphatic rings. The van der Waals surface area contributed by atoms with Gasteiger partial charge in [0, 0.05) is 25.2 Å². The average Bonchev–Trinajstić information content (AvgIpc) is 2.37. The summed E-state index contributed by atoms with van der Waals surface area (Å²) in [6.07, 6.45) is 4.22. The number of piperidine rings is 1. The summed E-state index contributed by atoms with van der Waals surface area (Å²) in [4.78, 5) is 14.1. The molecule has 0 aromatic heterocycles. The van der Waals surface area contributed by atoms with Gasteiger partial charge in [0.15, 0.2) is 0 Å². The molecule has 1 N–H and O–H groups in total. The second kappa shape index (κ2) is 8.48. The summed E-state index contributed by atoms with van der Waals surface area (Å²) in [7, 11) is 0. The standard InChI is InChI=1S/C14H28N2O2/c1-4-18-10-8-14(17)16(12(2)3)11-13-7-5-6-9-15-13/h12-13,15H,4-11H2,1-3H3. The van der Waals surface area contributed by atoms with Crippen molar-refractivity contribution in [2.75, 3.05) is 26.3 Å². The topological polar surface area (TPSA) is 41.6 Å². The molecule has 0 bridgehead atoms. The number of carbonyl (C=O) groups is 1. The molecule has 0 saturated carbocycles. The Balaban J connectivity index is 2.39. The van der Waals surface area contributed by atoms with E-state index in [0.29, 0.717) is 25.7 Å². The molecular weight excluding hydrogens is 228 g/mol. The first-order valence-corrected chi connectivity index (χ1v) is 7.25. The van der Waals surface area contributed by atoms with Crippen LogP contribution in [0.15, 0.2) is 0 Å². The van der Waals surface area contributed by atoms with Gasteiger partial charge in [-0.3, -0.25) is 4.79 Å². The monoisotopic (exact) mass is 256 g/mol. The number of ether oxygens (including phenoxy) is 1. The molecule has 0 aliphatic carbocycles. The average molecular weight is 256 g/mol. The lowest BCUT2D eigenvalue weighted by Gasteiger charge is -2.33. The number of carbonyl (C=O) groups excluding carboxylic acids is 1. The second-order valence-electron chi connectivity index (χ2n) is 5.23. The molecule has 1 saturated heterocycles. The normalized spacial score (nSPS) is 20.1. The fourth-order valence-electron chi connectivity index (χ4n) is 2.37. The molecule has 0 radical (unpaired) electrons. The fourth-order valence-corrected chi connectivity index (χ4v) is 2.37. The van der Waals surface area contributed by atoms with Gasteiger partial charge in [0.05, 0.1) is 13.0 Å². The van der Waals surface area contributed by atoms with Crippen LogP contribution < -0.4 is 5.32 Å². The maximum Gasteiger partial charge on any atom is 0.225 e. The largest absolute Gasteiger partial charge is 0.381 e. The first-order chi connectivity index (χ1) is 8.65. The van der Waals surface area contributed by atoms with E-state index in [1.165, 1.54) is 19.3 Å². The maximum atomic E-state index is 12.2. The predicted molar refractivity (Wildman–Crippen MR) is 73.6 cm³/mol. The van der Waals surface area contributed by atoms with Crippen molar-refractivity contribution < 1.29 is 9.53 Å². The number of nitrogens with zero attached hydrogens (tertiary/aromatic N) is 1. The van der Waals surface area contributed by atoms with Crippen LogP contribution in [0.5, 0.6) is 0 Å². The lowest BCUT2D eigenvalue weighted by atomic mass is 10.0. The van der Waals surface area contributed by atoms with Crippen LogP contribution in [0, 0.1) is 0 Å². The van der Waals surface area contributed by atoms with E-state index in [1.54, 1.807) is 0 Å². The Kier molecular flexibility index (Phi) is 7.28. The Morgan fingerprint density at radius 1 is 1.44 bits per heavy atom. The highest BCUT2D eigenvalue weighted by Crippen LogP contribution is 2.11. The van der Waals surface area contributed by atoms with Crippen LogP contribution in [0.25, 0.3) is 0 Å². The number of rotatable bonds is 7. The zero-order valence-electron chi connectivity index (χ0n) is 12.1. The fraction of sp³-hybridized carbons (Fsp3) is 0.929. The lowest BCUT2D eigenvalue weighted by Crippen LogP contribution is -2.48. The molecule has 1 unspecified atom stereocenters. The van der Waals surface area contributed by atoms with E-state index in [-0.39, 0.29) is 11.9 Å². The quantitative estimate of drug-likeness (QED) is 0.706. The highest BCUT2D eigenvalue weighted by Gasteiger charge is 2.22. The molecule has 1 atom stereocenters. The van der Waals surface area contributed by atoms with E-state index >= 15 is 0 Å². The third-order valence-electron chi connectivity index (χ3n) is 3.44. The number of hydrogen-bond acceptors (Lipinski definition) is 3. The van der Waals surface area contributed by atoms with Crippen molar-refractivity contribution in [2.45, 2.75) is 58.5 Å². The zero-order valence-corrected chi connectivity index (χ0v) is 12.1. The molecule has 1 fully saturated rings. The van der Waals surface area contributed by atoms with Gasteiger partial charge in [-0.2, -0.15) is 0 Å². The first-order valence-electron chi connectivity index (χ1n) is 7.25. The summed E-state index contributed by atoms with van der Waals surface area (Å²) in [6, 6.07) is 0.736. The Hall–Kier alpha value is -0.610. The lowest BCUT2D eigenvalue weighted by molar-refractivity contribution is -0.134. The molecule has 0 aromatic rings. The van der Waals surface area contributed by atoms with Gasteiger partial charge in [-0.25, -0.2) is 0 Å². The molecule has 1 heterocycles. The summed E-state index contributed by atoms with van der Waals surface area (Å²) in [6.45, 7) is 9.27. The van der Waals surface area contributed by atoms with Crippen molar-refractivity contribution in [1.29, 1.82) is 0 Å². The minimum atomic E-state index is 0.214. The summed E-state index contributed by atoms with van der Waals surface area (Å²) in [5.74, 6) is 0.214. The van der Waals surface area contributed by atoms with E-state index < -0.39 is 0 Å². The summed E-state index contributed by atoms with van der Waals surface area (Å²) >= 11 is 0. The SMILES string of the molecule is CCOCCC(=O)N(CC1CCCCN1)C(C)C. The van der Waals surface area contributed by atoms with Crippen LogP contribution >= 0.6 is 0 Å².